The summed E-state index contributed by atoms with van der Waals surface area (Å²) >= 11 is 1.39. The minimum absolute atomic E-state index is 0.0923. The van der Waals surface area contributed by atoms with Crippen molar-refractivity contribution in [1.29, 1.82) is 0 Å². The highest BCUT2D eigenvalue weighted by molar-refractivity contribution is 7.14. The normalized spacial score (nSPS) is 10.5. The van der Waals surface area contributed by atoms with Crippen LogP contribution in [0.5, 0.6) is 0 Å². The Kier molecular flexibility index (Phi) is 6.55. The number of rotatable bonds is 7. The summed E-state index contributed by atoms with van der Waals surface area (Å²) in [6, 6.07) is 15.7. The zero-order valence-corrected chi connectivity index (χ0v) is 16.8. The lowest BCUT2D eigenvalue weighted by atomic mass is 10.1. The third kappa shape index (κ3) is 5.50. The summed E-state index contributed by atoms with van der Waals surface area (Å²) in [5.41, 5.74) is 5.28. The van der Waals surface area contributed by atoms with Crippen molar-refractivity contribution < 1.29 is 9.59 Å². The van der Waals surface area contributed by atoms with Crippen LogP contribution in [-0.4, -0.2) is 23.3 Å². The molecule has 1 heterocycles. The van der Waals surface area contributed by atoms with Crippen molar-refractivity contribution >= 4 is 28.3 Å². The number of nitrogens with one attached hydrogen (secondary N) is 2. The van der Waals surface area contributed by atoms with Crippen LogP contribution in [0.4, 0.5) is 5.13 Å². The van der Waals surface area contributed by atoms with E-state index in [0.717, 1.165) is 16.8 Å². The number of aryl methyl sites for hydroxylation is 2. The molecule has 0 aliphatic rings. The molecule has 0 fully saturated rings. The van der Waals surface area contributed by atoms with Crippen LogP contribution in [0.3, 0.4) is 0 Å². The number of anilines is 1. The van der Waals surface area contributed by atoms with Crippen molar-refractivity contribution in [2.24, 2.45) is 0 Å². The molecule has 0 radical (unpaired) electrons. The molecule has 3 rings (SSSR count). The third-order valence-electron chi connectivity index (χ3n) is 4.43. The van der Waals surface area contributed by atoms with E-state index in [2.05, 4.69) is 41.6 Å². The summed E-state index contributed by atoms with van der Waals surface area (Å²) in [7, 11) is 0. The van der Waals surface area contributed by atoms with Gasteiger partial charge < -0.3 is 10.6 Å². The summed E-state index contributed by atoms with van der Waals surface area (Å²) in [5, 5.41) is 8.07. The fourth-order valence-corrected chi connectivity index (χ4v) is 3.44. The van der Waals surface area contributed by atoms with Crippen molar-refractivity contribution in [3.05, 3.63) is 70.6 Å². The molecule has 0 aliphatic carbocycles. The van der Waals surface area contributed by atoms with Gasteiger partial charge in [0.2, 0.25) is 11.8 Å². The van der Waals surface area contributed by atoms with Gasteiger partial charge in [-0.25, -0.2) is 4.98 Å². The van der Waals surface area contributed by atoms with Gasteiger partial charge in [0.05, 0.1) is 12.1 Å². The van der Waals surface area contributed by atoms with Gasteiger partial charge in [0.25, 0.3) is 0 Å². The molecule has 0 atom stereocenters. The molecule has 0 saturated carbocycles. The van der Waals surface area contributed by atoms with Crippen molar-refractivity contribution in [3.8, 4) is 11.3 Å². The molecule has 0 saturated heterocycles. The number of benzene rings is 2. The summed E-state index contributed by atoms with van der Waals surface area (Å²) in [5.74, 6) is -0.258. The fourth-order valence-electron chi connectivity index (χ4n) is 2.71. The predicted octanol–water partition coefficient (Wildman–Crippen LogP) is 4.11. The summed E-state index contributed by atoms with van der Waals surface area (Å²) < 4.78 is 0. The minimum atomic E-state index is -0.166. The Balaban J connectivity index is 1.45. The largest absolute Gasteiger partial charge is 0.355 e. The standard InChI is InChI=1S/C22H23N3O2S/c1-15-8-9-18(12-16(15)2)19-14-28-22(24-19)25-20(26)10-11-23-21(27)13-17-6-4-3-5-7-17/h3-9,12,14H,10-11,13H2,1-2H3,(H,23,27)(H,24,25,26). The first-order chi connectivity index (χ1) is 13.5. The van der Waals surface area contributed by atoms with Crippen LogP contribution >= 0.6 is 11.3 Å². The molecule has 2 amide bonds. The highest BCUT2D eigenvalue weighted by Crippen LogP contribution is 2.26. The van der Waals surface area contributed by atoms with E-state index in [1.165, 1.54) is 22.5 Å². The monoisotopic (exact) mass is 393 g/mol. The first-order valence-electron chi connectivity index (χ1n) is 9.15. The molecular formula is C22H23N3O2S. The molecule has 28 heavy (non-hydrogen) atoms. The number of amides is 2. The van der Waals surface area contributed by atoms with Gasteiger partial charge in [0.1, 0.15) is 0 Å². The van der Waals surface area contributed by atoms with Crippen LogP contribution in [0.1, 0.15) is 23.1 Å². The van der Waals surface area contributed by atoms with Crippen LogP contribution in [0, 0.1) is 13.8 Å². The Morgan fingerprint density at radius 1 is 1.00 bits per heavy atom. The van der Waals surface area contributed by atoms with E-state index in [1.807, 2.05) is 41.8 Å². The maximum atomic E-state index is 12.1. The summed E-state index contributed by atoms with van der Waals surface area (Å²) in [4.78, 5) is 28.5. The van der Waals surface area contributed by atoms with Gasteiger partial charge in [-0.15, -0.1) is 11.3 Å². The van der Waals surface area contributed by atoms with Crippen molar-refractivity contribution in [2.45, 2.75) is 26.7 Å². The number of nitrogens with zero attached hydrogens (tertiary/aromatic N) is 1. The molecule has 0 unspecified atom stereocenters. The number of aromatic nitrogens is 1. The molecule has 2 N–H and O–H groups in total. The quantitative estimate of drug-likeness (QED) is 0.634. The van der Waals surface area contributed by atoms with Gasteiger partial charge in [0.15, 0.2) is 5.13 Å². The van der Waals surface area contributed by atoms with Gasteiger partial charge in [-0.05, 0) is 36.6 Å². The lowest BCUT2D eigenvalue weighted by molar-refractivity contribution is -0.120. The maximum absolute atomic E-state index is 12.1. The highest BCUT2D eigenvalue weighted by Gasteiger charge is 2.10. The maximum Gasteiger partial charge on any atom is 0.227 e. The summed E-state index contributed by atoms with van der Waals surface area (Å²) in [6.07, 6.45) is 0.521. The molecule has 0 bridgehead atoms. The molecule has 2 aromatic carbocycles. The molecule has 0 aliphatic heterocycles. The second kappa shape index (κ2) is 9.28. The van der Waals surface area contributed by atoms with Gasteiger partial charge >= 0.3 is 0 Å². The first-order valence-corrected chi connectivity index (χ1v) is 10.0. The minimum Gasteiger partial charge on any atom is -0.355 e. The zero-order valence-electron chi connectivity index (χ0n) is 16.0. The van der Waals surface area contributed by atoms with E-state index >= 15 is 0 Å². The van der Waals surface area contributed by atoms with E-state index in [-0.39, 0.29) is 18.2 Å². The second-order valence-corrected chi connectivity index (χ2v) is 7.51. The predicted molar refractivity (Wildman–Crippen MR) is 113 cm³/mol. The molecule has 0 spiro atoms. The Morgan fingerprint density at radius 3 is 2.54 bits per heavy atom. The lowest BCUT2D eigenvalue weighted by Crippen LogP contribution is -2.28. The Hall–Kier alpha value is -2.99. The molecule has 144 valence electrons. The molecular weight excluding hydrogens is 370 g/mol. The molecule has 5 nitrogen and oxygen atoms in total. The van der Waals surface area contributed by atoms with Crippen molar-refractivity contribution in [1.82, 2.24) is 10.3 Å². The zero-order chi connectivity index (χ0) is 19.9. The number of thiazole rings is 1. The van der Waals surface area contributed by atoms with Gasteiger partial charge in [0, 0.05) is 23.9 Å². The average molecular weight is 394 g/mol. The van der Waals surface area contributed by atoms with Gasteiger partial charge in [-0.1, -0.05) is 42.5 Å². The lowest BCUT2D eigenvalue weighted by Gasteiger charge is -2.05. The van der Waals surface area contributed by atoms with Crippen LogP contribution in [-0.2, 0) is 16.0 Å². The number of carbonyl (C=O) groups is 2. The number of hydrogen-bond donors (Lipinski definition) is 2. The fraction of sp³-hybridized carbons (Fsp3) is 0.227. The van der Waals surface area contributed by atoms with Gasteiger partial charge in [-0.2, -0.15) is 0 Å². The van der Waals surface area contributed by atoms with Gasteiger partial charge in [-0.3, -0.25) is 9.59 Å². The van der Waals surface area contributed by atoms with E-state index in [1.54, 1.807) is 0 Å². The Labute approximate surface area is 168 Å². The summed E-state index contributed by atoms with van der Waals surface area (Å²) in [6.45, 7) is 4.44. The van der Waals surface area contributed by atoms with Crippen LogP contribution in [0.2, 0.25) is 0 Å². The average Bonchev–Trinajstić information content (AvgIpc) is 3.13. The molecule has 1 aromatic heterocycles. The second-order valence-electron chi connectivity index (χ2n) is 6.65. The van der Waals surface area contributed by atoms with E-state index in [9.17, 15) is 9.59 Å². The van der Waals surface area contributed by atoms with Crippen LogP contribution in [0.15, 0.2) is 53.9 Å². The molecule has 6 heteroatoms. The Morgan fingerprint density at radius 2 is 1.79 bits per heavy atom. The Bertz CT molecular complexity index is 967. The topological polar surface area (TPSA) is 71.1 Å². The van der Waals surface area contributed by atoms with E-state index in [4.69, 9.17) is 0 Å². The van der Waals surface area contributed by atoms with Crippen LogP contribution in [0.25, 0.3) is 11.3 Å². The SMILES string of the molecule is Cc1ccc(-c2csc(NC(=O)CCNC(=O)Cc3ccccc3)n2)cc1C. The molecule has 3 aromatic rings. The number of carbonyl (C=O) groups excluding carboxylic acids is 2. The smallest absolute Gasteiger partial charge is 0.227 e. The van der Waals surface area contributed by atoms with Crippen molar-refractivity contribution in [3.63, 3.8) is 0 Å². The van der Waals surface area contributed by atoms with E-state index < -0.39 is 0 Å². The first kappa shape index (κ1) is 19.8. The van der Waals surface area contributed by atoms with Crippen LogP contribution < -0.4 is 10.6 Å². The highest BCUT2D eigenvalue weighted by atomic mass is 32.1. The third-order valence-corrected chi connectivity index (χ3v) is 5.19. The van der Waals surface area contributed by atoms with E-state index in [0.29, 0.717) is 18.1 Å². The number of hydrogen-bond acceptors (Lipinski definition) is 4. The van der Waals surface area contributed by atoms with Crippen molar-refractivity contribution in [2.75, 3.05) is 11.9 Å².